The summed E-state index contributed by atoms with van der Waals surface area (Å²) in [4.78, 5) is 13.8. The fourth-order valence-electron chi connectivity index (χ4n) is 3.55. The molecule has 5 heteroatoms. The van der Waals surface area contributed by atoms with Crippen molar-refractivity contribution in [1.29, 1.82) is 0 Å². The van der Waals surface area contributed by atoms with Crippen molar-refractivity contribution in [3.8, 4) is 5.75 Å². The molecular weight excluding hydrogens is 266 g/mol. The van der Waals surface area contributed by atoms with Gasteiger partial charge in [0.2, 0.25) is 5.91 Å². The molecule has 0 radical (unpaired) electrons. The van der Waals surface area contributed by atoms with Crippen molar-refractivity contribution in [3.63, 3.8) is 0 Å². The molecule has 114 valence electrons. The van der Waals surface area contributed by atoms with Crippen LogP contribution in [0.2, 0.25) is 0 Å². The fraction of sp³-hybridized carbons (Fsp3) is 0.562. The zero-order valence-electron chi connectivity index (χ0n) is 12.7. The maximum absolute atomic E-state index is 11.2. The standard InChI is InChI=1S/C16H23N3O2/c1-11(20)17-12-5-6-16(21-2)14(10-12)18-13-7-9-19-8-3-4-15(13)19/h5-6,10,13,15,18H,3-4,7-9H2,1-2H3,(H,17,20). The van der Waals surface area contributed by atoms with E-state index in [1.54, 1.807) is 7.11 Å². The number of amides is 1. The second kappa shape index (κ2) is 5.93. The van der Waals surface area contributed by atoms with E-state index >= 15 is 0 Å². The third-order valence-electron chi connectivity index (χ3n) is 4.47. The van der Waals surface area contributed by atoms with Gasteiger partial charge in [0, 0.05) is 31.2 Å². The number of hydrogen-bond acceptors (Lipinski definition) is 4. The lowest BCUT2D eigenvalue weighted by molar-refractivity contribution is -0.114. The van der Waals surface area contributed by atoms with Crippen LogP contribution in [0.25, 0.3) is 0 Å². The van der Waals surface area contributed by atoms with Gasteiger partial charge in [0.05, 0.1) is 12.8 Å². The second-order valence-corrected chi connectivity index (χ2v) is 5.88. The van der Waals surface area contributed by atoms with E-state index in [1.165, 1.54) is 32.9 Å². The van der Waals surface area contributed by atoms with Gasteiger partial charge >= 0.3 is 0 Å². The van der Waals surface area contributed by atoms with E-state index in [1.807, 2.05) is 18.2 Å². The average molecular weight is 289 g/mol. The van der Waals surface area contributed by atoms with Crippen LogP contribution in [0, 0.1) is 0 Å². The highest BCUT2D eigenvalue weighted by molar-refractivity contribution is 5.89. The number of ether oxygens (including phenoxy) is 1. The molecule has 21 heavy (non-hydrogen) atoms. The Bertz CT molecular complexity index is 532. The van der Waals surface area contributed by atoms with E-state index in [0.717, 1.165) is 23.5 Å². The highest BCUT2D eigenvalue weighted by Gasteiger charge is 2.37. The number of carbonyl (C=O) groups excluding carboxylic acids is 1. The molecule has 1 amide bonds. The molecule has 2 unspecified atom stereocenters. The van der Waals surface area contributed by atoms with Gasteiger partial charge in [-0.1, -0.05) is 0 Å². The van der Waals surface area contributed by atoms with Crippen LogP contribution in [-0.4, -0.2) is 43.1 Å². The summed E-state index contributed by atoms with van der Waals surface area (Å²) in [7, 11) is 1.68. The van der Waals surface area contributed by atoms with Crippen LogP contribution in [0.15, 0.2) is 18.2 Å². The van der Waals surface area contributed by atoms with Crippen molar-refractivity contribution in [1.82, 2.24) is 4.90 Å². The van der Waals surface area contributed by atoms with Crippen LogP contribution in [0.1, 0.15) is 26.2 Å². The first-order valence-electron chi connectivity index (χ1n) is 7.63. The summed E-state index contributed by atoms with van der Waals surface area (Å²) in [6.07, 6.45) is 3.73. The number of fused-ring (bicyclic) bond motifs is 1. The Hall–Kier alpha value is -1.75. The molecule has 0 spiro atoms. The largest absolute Gasteiger partial charge is 0.495 e. The molecule has 2 heterocycles. The van der Waals surface area contributed by atoms with Crippen molar-refractivity contribution in [2.75, 3.05) is 30.8 Å². The van der Waals surface area contributed by atoms with Gasteiger partial charge < -0.3 is 15.4 Å². The SMILES string of the molecule is COc1ccc(NC(C)=O)cc1NC1CCN2CCCC12. The molecule has 0 saturated carbocycles. The van der Waals surface area contributed by atoms with E-state index in [2.05, 4.69) is 15.5 Å². The third-order valence-corrected chi connectivity index (χ3v) is 4.47. The van der Waals surface area contributed by atoms with Gasteiger partial charge in [-0.3, -0.25) is 9.69 Å². The summed E-state index contributed by atoms with van der Waals surface area (Å²) >= 11 is 0. The molecule has 0 bridgehead atoms. The Labute approximate surface area is 125 Å². The van der Waals surface area contributed by atoms with Crippen LogP contribution in [-0.2, 0) is 4.79 Å². The summed E-state index contributed by atoms with van der Waals surface area (Å²) in [6.45, 7) is 3.92. The molecule has 2 N–H and O–H groups in total. The molecule has 0 aromatic heterocycles. The minimum Gasteiger partial charge on any atom is -0.495 e. The number of methoxy groups -OCH3 is 1. The van der Waals surface area contributed by atoms with Crippen LogP contribution in [0.4, 0.5) is 11.4 Å². The number of anilines is 2. The van der Waals surface area contributed by atoms with Crippen molar-refractivity contribution >= 4 is 17.3 Å². The number of benzene rings is 1. The number of nitrogens with one attached hydrogen (secondary N) is 2. The van der Waals surface area contributed by atoms with Crippen molar-refractivity contribution in [2.45, 2.75) is 38.3 Å². The lowest BCUT2D eigenvalue weighted by Gasteiger charge is -2.23. The molecule has 2 saturated heterocycles. The first-order chi connectivity index (χ1) is 10.2. The fourth-order valence-corrected chi connectivity index (χ4v) is 3.55. The predicted molar refractivity (Wildman–Crippen MR) is 83.9 cm³/mol. The normalized spacial score (nSPS) is 24.7. The summed E-state index contributed by atoms with van der Waals surface area (Å²) in [5.41, 5.74) is 1.76. The molecule has 2 aliphatic rings. The summed E-state index contributed by atoms with van der Waals surface area (Å²) in [5.74, 6) is 0.759. The summed E-state index contributed by atoms with van der Waals surface area (Å²) in [6, 6.07) is 6.82. The van der Waals surface area contributed by atoms with Gasteiger partial charge in [0.1, 0.15) is 5.75 Å². The van der Waals surface area contributed by atoms with Crippen molar-refractivity contribution in [3.05, 3.63) is 18.2 Å². The van der Waals surface area contributed by atoms with E-state index in [0.29, 0.717) is 12.1 Å². The average Bonchev–Trinajstić information content (AvgIpc) is 3.03. The topological polar surface area (TPSA) is 53.6 Å². The number of hydrogen-bond donors (Lipinski definition) is 2. The van der Waals surface area contributed by atoms with E-state index in [-0.39, 0.29) is 5.91 Å². The highest BCUT2D eigenvalue weighted by atomic mass is 16.5. The Kier molecular flexibility index (Phi) is 4.01. The van der Waals surface area contributed by atoms with Gasteiger partial charge in [-0.25, -0.2) is 0 Å². The van der Waals surface area contributed by atoms with E-state index in [9.17, 15) is 4.79 Å². The lowest BCUT2D eigenvalue weighted by Crippen LogP contribution is -2.33. The number of carbonyl (C=O) groups is 1. The molecule has 2 atom stereocenters. The first-order valence-corrected chi connectivity index (χ1v) is 7.63. The zero-order chi connectivity index (χ0) is 14.8. The number of nitrogens with zero attached hydrogens (tertiary/aromatic N) is 1. The van der Waals surface area contributed by atoms with Crippen LogP contribution >= 0.6 is 0 Å². The van der Waals surface area contributed by atoms with Crippen LogP contribution in [0.5, 0.6) is 5.75 Å². The van der Waals surface area contributed by atoms with Gasteiger partial charge in [0.15, 0.2) is 0 Å². The van der Waals surface area contributed by atoms with Crippen LogP contribution in [0.3, 0.4) is 0 Å². The third kappa shape index (κ3) is 2.97. The van der Waals surface area contributed by atoms with Crippen molar-refractivity contribution in [2.24, 2.45) is 0 Å². The van der Waals surface area contributed by atoms with E-state index in [4.69, 9.17) is 4.74 Å². The summed E-state index contributed by atoms with van der Waals surface area (Å²) in [5, 5.41) is 6.45. The minimum absolute atomic E-state index is 0.0612. The molecule has 0 aliphatic carbocycles. The quantitative estimate of drug-likeness (QED) is 0.893. The molecule has 1 aromatic rings. The molecule has 2 aliphatic heterocycles. The minimum atomic E-state index is -0.0612. The molecular formula is C16H23N3O2. The second-order valence-electron chi connectivity index (χ2n) is 5.88. The van der Waals surface area contributed by atoms with E-state index < -0.39 is 0 Å². The van der Waals surface area contributed by atoms with Crippen molar-refractivity contribution < 1.29 is 9.53 Å². The van der Waals surface area contributed by atoms with Gasteiger partial charge in [-0.15, -0.1) is 0 Å². The molecule has 1 aromatic carbocycles. The summed E-state index contributed by atoms with van der Waals surface area (Å²) < 4.78 is 5.44. The Morgan fingerprint density at radius 1 is 1.33 bits per heavy atom. The molecule has 2 fully saturated rings. The monoisotopic (exact) mass is 289 g/mol. The number of rotatable bonds is 4. The Morgan fingerprint density at radius 3 is 2.95 bits per heavy atom. The first kappa shape index (κ1) is 14.2. The lowest BCUT2D eigenvalue weighted by atomic mass is 10.1. The van der Waals surface area contributed by atoms with Gasteiger partial charge in [-0.05, 0) is 44.0 Å². The zero-order valence-corrected chi connectivity index (χ0v) is 12.7. The van der Waals surface area contributed by atoms with Crippen LogP contribution < -0.4 is 15.4 Å². The Balaban J connectivity index is 1.78. The molecule has 5 nitrogen and oxygen atoms in total. The predicted octanol–water partition coefficient (Wildman–Crippen LogP) is 2.30. The highest BCUT2D eigenvalue weighted by Crippen LogP contribution is 2.34. The maximum atomic E-state index is 11.2. The molecule has 3 rings (SSSR count). The smallest absolute Gasteiger partial charge is 0.221 e. The van der Waals surface area contributed by atoms with Gasteiger partial charge in [0.25, 0.3) is 0 Å². The Morgan fingerprint density at radius 2 is 2.19 bits per heavy atom. The maximum Gasteiger partial charge on any atom is 0.221 e. The van der Waals surface area contributed by atoms with Gasteiger partial charge in [-0.2, -0.15) is 0 Å².